The van der Waals surface area contributed by atoms with E-state index in [-0.39, 0.29) is 30.4 Å². The molecule has 0 saturated heterocycles. The summed E-state index contributed by atoms with van der Waals surface area (Å²) >= 11 is 1.30. The van der Waals surface area contributed by atoms with E-state index in [1.54, 1.807) is 30.6 Å². The second-order valence-electron chi connectivity index (χ2n) is 6.83. The smallest absolute Gasteiger partial charge is 0.287 e. The van der Waals surface area contributed by atoms with Crippen molar-refractivity contribution in [3.63, 3.8) is 0 Å². The molecule has 5 rings (SSSR count). The van der Waals surface area contributed by atoms with E-state index in [0.29, 0.717) is 21.7 Å². The lowest BCUT2D eigenvalue weighted by Crippen LogP contribution is -2.28. The molecule has 168 valence electrons. The molecule has 0 radical (unpaired) electrons. The molecule has 0 atom stereocenters. The van der Waals surface area contributed by atoms with Crippen LogP contribution in [-0.4, -0.2) is 33.4 Å². The third-order valence-corrected chi connectivity index (χ3v) is 5.65. The van der Waals surface area contributed by atoms with Crippen LogP contribution in [0.3, 0.4) is 0 Å². The fourth-order valence-corrected chi connectivity index (χ4v) is 4.25. The molecule has 1 aliphatic rings. The van der Waals surface area contributed by atoms with Gasteiger partial charge in [-0.15, -0.1) is 11.3 Å². The predicted molar refractivity (Wildman–Crippen MR) is 127 cm³/mol. The summed E-state index contributed by atoms with van der Waals surface area (Å²) in [6, 6.07) is 8.87. The fourth-order valence-electron chi connectivity index (χ4n) is 3.31. The van der Waals surface area contributed by atoms with Crippen LogP contribution in [0.1, 0.15) is 30.0 Å². The number of nitrogens with zero attached hydrogens (tertiary/aromatic N) is 2. The number of hydrogen-bond acceptors (Lipinski definition) is 7. The Labute approximate surface area is 192 Å². The topological polar surface area (TPSA) is 126 Å². The number of carbonyl (C=O) groups excluding carboxylic acids is 2. The number of benzene rings is 1. The Morgan fingerprint density at radius 2 is 1.97 bits per heavy atom. The zero-order chi connectivity index (χ0) is 23.4. The highest BCUT2D eigenvalue weighted by atomic mass is 32.1. The number of nitrogens with one attached hydrogen (secondary N) is 3. The third kappa shape index (κ3) is 4.60. The van der Waals surface area contributed by atoms with Gasteiger partial charge < -0.3 is 20.4 Å². The van der Waals surface area contributed by atoms with Crippen molar-refractivity contribution in [3.05, 3.63) is 69.8 Å². The van der Waals surface area contributed by atoms with Gasteiger partial charge in [0.05, 0.1) is 11.1 Å². The van der Waals surface area contributed by atoms with E-state index in [4.69, 9.17) is 4.74 Å². The SMILES string of the molecule is CC.O=C1COc2ccc(CNC(=O)c3nc4scc(-c5ccncc5)c4c(=O)[nH]3)cc2N1. The van der Waals surface area contributed by atoms with Gasteiger partial charge in [-0.1, -0.05) is 19.9 Å². The molecule has 1 aliphatic heterocycles. The highest BCUT2D eigenvalue weighted by Gasteiger charge is 2.18. The first kappa shape index (κ1) is 22.2. The molecule has 3 aromatic heterocycles. The van der Waals surface area contributed by atoms with Gasteiger partial charge in [-0.2, -0.15) is 0 Å². The maximum atomic E-state index is 12.7. The molecule has 10 heteroatoms. The minimum atomic E-state index is -0.504. The lowest BCUT2D eigenvalue weighted by atomic mass is 10.1. The van der Waals surface area contributed by atoms with Crippen molar-refractivity contribution in [1.82, 2.24) is 20.3 Å². The van der Waals surface area contributed by atoms with Crippen molar-refractivity contribution in [2.75, 3.05) is 11.9 Å². The van der Waals surface area contributed by atoms with Crippen molar-refractivity contribution in [3.8, 4) is 16.9 Å². The quantitative estimate of drug-likeness (QED) is 0.426. The lowest BCUT2D eigenvalue weighted by Gasteiger charge is -2.18. The second-order valence-corrected chi connectivity index (χ2v) is 7.69. The summed E-state index contributed by atoms with van der Waals surface area (Å²) < 4.78 is 5.32. The molecular weight excluding hydrogens is 442 g/mol. The van der Waals surface area contributed by atoms with Crippen LogP contribution in [0.15, 0.2) is 52.9 Å². The van der Waals surface area contributed by atoms with E-state index >= 15 is 0 Å². The van der Waals surface area contributed by atoms with Crippen LogP contribution in [-0.2, 0) is 11.3 Å². The number of H-pyrrole nitrogens is 1. The average molecular weight is 464 g/mol. The van der Waals surface area contributed by atoms with Crippen molar-refractivity contribution in [1.29, 1.82) is 0 Å². The zero-order valence-electron chi connectivity index (χ0n) is 18.0. The van der Waals surface area contributed by atoms with E-state index in [9.17, 15) is 14.4 Å². The van der Waals surface area contributed by atoms with Gasteiger partial charge in [-0.3, -0.25) is 19.4 Å². The minimum absolute atomic E-state index is 0.0177. The van der Waals surface area contributed by atoms with Gasteiger partial charge in [-0.05, 0) is 35.4 Å². The van der Waals surface area contributed by atoms with Gasteiger partial charge in [0.25, 0.3) is 17.4 Å². The average Bonchev–Trinajstić information content (AvgIpc) is 3.29. The van der Waals surface area contributed by atoms with Gasteiger partial charge >= 0.3 is 0 Å². The molecule has 1 aromatic carbocycles. The normalized spacial score (nSPS) is 12.1. The Hall–Kier alpha value is -4.05. The molecular formula is C23H21N5O4S. The van der Waals surface area contributed by atoms with E-state index in [1.807, 2.05) is 31.4 Å². The van der Waals surface area contributed by atoms with E-state index in [0.717, 1.165) is 16.7 Å². The number of thiophene rings is 1. The first-order valence-electron chi connectivity index (χ1n) is 10.3. The number of aromatic nitrogens is 3. The van der Waals surface area contributed by atoms with Gasteiger partial charge in [0.1, 0.15) is 10.6 Å². The molecule has 0 unspecified atom stereocenters. The number of fused-ring (bicyclic) bond motifs is 2. The van der Waals surface area contributed by atoms with E-state index in [2.05, 4.69) is 25.6 Å². The number of pyridine rings is 1. The van der Waals surface area contributed by atoms with E-state index in [1.165, 1.54) is 11.3 Å². The summed E-state index contributed by atoms with van der Waals surface area (Å²) in [6.45, 7) is 4.17. The molecule has 4 aromatic rings. The number of hydrogen-bond donors (Lipinski definition) is 3. The zero-order valence-corrected chi connectivity index (χ0v) is 18.8. The first-order chi connectivity index (χ1) is 16.1. The van der Waals surface area contributed by atoms with Gasteiger partial charge in [0, 0.05) is 29.9 Å². The standard InChI is InChI=1S/C21H15N5O4S.C2H6/c27-16-9-30-15-2-1-11(7-14(15)24-16)8-23-20(29)18-25-19(28)17-13(10-31-21(17)26-18)12-3-5-22-6-4-12;1-2/h1-7,10H,8-9H2,(H,23,29)(H,24,27)(H,25,26,28);1-2H3. The van der Waals surface area contributed by atoms with Crippen LogP contribution in [0.5, 0.6) is 5.75 Å². The van der Waals surface area contributed by atoms with Crippen LogP contribution < -0.4 is 20.9 Å². The predicted octanol–water partition coefficient (Wildman–Crippen LogP) is 3.33. The summed E-state index contributed by atoms with van der Waals surface area (Å²) in [5, 5.41) is 7.74. The Kier molecular flexibility index (Phi) is 6.45. The number of carbonyl (C=O) groups is 2. The molecule has 0 aliphatic carbocycles. The number of rotatable bonds is 4. The largest absolute Gasteiger partial charge is 0.482 e. The van der Waals surface area contributed by atoms with Crippen molar-refractivity contribution < 1.29 is 14.3 Å². The molecule has 3 N–H and O–H groups in total. The highest BCUT2D eigenvalue weighted by Crippen LogP contribution is 2.30. The summed E-state index contributed by atoms with van der Waals surface area (Å²) in [7, 11) is 0. The molecule has 9 nitrogen and oxygen atoms in total. The number of aromatic amines is 1. The van der Waals surface area contributed by atoms with Crippen molar-refractivity contribution >= 4 is 39.1 Å². The van der Waals surface area contributed by atoms with Crippen molar-refractivity contribution in [2.24, 2.45) is 0 Å². The third-order valence-electron chi connectivity index (χ3n) is 4.78. The maximum absolute atomic E-state index is 12.7. The number of amides is 2. The van der Waals surface area contributed by atoms with Gasteiger partial charge in [0.2, 0.25) is 5.82 Å². The van der Waals surface area contributed by atoms with E-state index < -0.39 is 5.91 Å². The molecule has 2 amide bonds. The maximum Gasteiger partial charge on any atom is 0.287 e. The van der Waals surface area contributed by atoms with Crippen LogP contribution in [0.25, 0.3) is 21.3 Å². The molecule has 4 heterocycles. The highest BCUT2D eigenvalue weighted by molar-refractivity contribution is 7.17. The monoisotopic (exact) mass is 463 g/mol. The summed E-state index contributed by atoms with van der Waals surface area (Å²) in [5.41, 5.74) is 2.54. The molecule has 0 spiro atoms. The first-order valence-corrected chi connectivity index (χ1v) is 11.2. The summed E-state index contributed by atoms with van der Waals surface area (Å²) in [4.78, 5) is 48.1. The lowest BCUT2D eigenvalue weighted by molar-refractivity contribution is -0.118. The summed E-state index contributed by atoms with van der Waals surface area (Å²) in [5.74, 6) is -0.217. The van der Waals surface area contributed by atoms with Gasteiger partial charge in [0.15, 0.2) is 6.61 Å². The Morgan fingerprint density at radius 3 is 2.76 bits per heavy atom. The van der Waals surface area contributed by atoms with Crippen LogP contribution >= 0.6 is 11.3 Å². The molecule has 33 heavy (non-hydrogen) atoms. The molecule has 0 saturated carbocycles. The Balaban J connectivity index is 0.00000126. The molecule has 0 fully saturated rings. The fraction of sp³-hybridized carbons (Fsp3) is 0.174. The van der Waals surface area contributed by atoms with Crippen LogP contribution in [0.4, 0.5) is 5.69 Å². The van der Waals surface area contributed by atoms with Crippen molar-refractivity contribution in [2.45, 2.75) is 20.4 Å². The van der Waals surface area contributed by atoms with Crippen LogP contribution in [0, 0.1) is 0 Å². The number of ether oxygens (including phenoxy) is 1. The van der Waals surface area contributed by atoms with Crippen LogP contribution in [0.2, 0.25) is 0 Å². The molecule has 0 bridgehead atoms. The van der Waals surface area contributed by atoms with Gasteiger partial charge in [-0.25, -0.2) is 4.98 Å². The minimum Gasteiger partial charge on any atom is -0.482 e. The second kappa shape index (κ2) is 9.61. The Morgan fingerprint density at radius 1 is 1.18 bits per heavy atom. The summed E-state index contributed by atoms with van der Waals surface area (Å²) in [6.07, 6.45) is 3.31. The Bertz CT molecular complexity index is 1380. The number of anilines is 1.